The molecule has 0 aliphatic rings. The summed E-state index contributed by atoms with van der Waals surface area (Å²) in [4.78, 5) is 29.9. The van der Waals surface area contributed by atoms with E-state index in [9.17, 15) is 9.59 Å². The van der Waals surface area contributed by atoms with Crippen molar-refractivity contribution in [2.75, 3.05) is 12.4 Å². The zero-order valence-corrected chi connectivity index (χ0v) is 17.6. The van der Waals surface area contributed by atoms with Gasteiger partial charge in [-0.15, -0.1) is 11.8 Å². The van der Waals surface area contributed by atoms with Crippen LogP contribution in [0, 0.1) is 6.92 Å². The lowest BCUT2D eigenvalue weighted by Crippen LogP contribution is -2.30. The molecule has 1 atom stereocenters. The van der Waals surface area contributed by atoms with Crippen molar-refractivity contribution >= 4 is 29.3 Å². The maximum Gasteiger partial charge on any atom is 0.340 e. The zero-order valence-electron chi connectivity index (χ0n) is 16.7. The number of ether oxygens (including phenoxy) is 2. The molecule has 0 bridgehead atoms. The monoisotopic (exact) mass is 427 g/mol. The number of anilines is 1. The molecule has 8 nitrogen and oxygen atoms in total. The van der Waals surface area contributed by atoms with Crippen LogP contribution < -0.4 is 10.1 Å². The first-order valence-corrected chi connectivity index (χ1v) is 10.1. The molecule has 156 valence electrons. The summed E-state index contributed by atoms with van der Waals surface area (Å²) >= 11 is 1.37. The van der Waals surface area contributed by atoms with Crippen LogP contribution in [0.1, 0.15) is 29.0 Å². The Hall–Kier alpha value is -3.33. The summed E-state index contributed by atoms with van der Waals surface area (Å²) < 4.78 is 15.6. The van der Waals surface area contributed by atoms with Crippen LogP contribution in [0.4, 0.5) is 5.69 Å². The Labute approximate surface area is 178 Å². The summed E-state index contributed by atoms with van der Waals surface area (Å²) in [6.45, 7) is 3.26. The molecule has 0 aliphatic carbocycles. The third-order valence-corrected chi connectivity index (χ3v) is 5.10. The minimum absolute atomic E-state index is 0.364. The highest BCUT2D eigenvalue weighted by atomic mass is 32.2. The number of aromatic nitrogens is 2. The summed E-state index contributed by atoms with van der Waals surface area (Å²) in [6.07, 6.45) is -0.976. The summed E-state index contributed by atoms with van der Waals surface area (Å²) in [5, 5.41) is 6.46. The van der Waals surface area contributed by atoms with Gasteiger partial charge in [-0.25, -0.2) is 4.79 Å². The SMILES string of the molecule is COc1ccc(NC(=O)C(C)OC(=O)c2ccccc2SCc2nc(C)no2)cc1. The minimum atomic E-state index is -0.976. The van der Waals surface area contributed by atoms with Crippen LogP contribution in [0.3, 0.4) is 0 Å². The van der Waals surface area contributed by atoms with Gasteiger partial charge >= 0.3 is 5.97 Å². The molecule has 1 unspecified atom stereocenters. The number of esters is 1. The lowest BCUT2D eigenvalue weighted by atomic mass is 10.2. The first-order chi connectivity index (χ1) is 14.5. The van der Waals surface area contributed by atoms with Gasteiger partial charge in [-0.1, -0.05) is 17.3 Å². The van der Waals surface area contributed by atoms with Crippen molar-refractivity contribution in [1.82, 2.24) is 10.1 Å². The van der Waals surface area contributed by atoms with E-state index in [1.54, 1.807) is 56.5 Å². The van der Waals surface area contributed by atoms with E-state index in [2.05, 4.69) is 15.5 Å². The highest BCUT2D eigenvalue weighted by Crippen LogP contribution is 2.26. The van der Waals surface area contributed by atoms with Crippen LogP contribution in [0.25, 0.3) is 0 Å². The first kappa shape index (κ1) is 21.4. The van der Waals surface area contributed by atoms with Gasteiger partial charge in [0.15, 0.2) is 11.9 Å². The summed E-state index contributed by atoms with van der Waals surface area (Å²) in [7, 11) is 1.56. The number of benzene rings is 2. The predicted molar refractivity (Wildman–Crippen MR) is 112 cm³/mol. The third kappa shape index (κ3) is 5.60. The molecule has 3 rings (SSSR count). The van der Waals surface area contributed by atoms with Gasteiger partial charge in [-0.3, -0.25) is 4.79 Å². The fourth-order valence-electron chi connectivity index (χ4n) is 2.50. The molecule has 2 aromatic carbocycles. The molecule has 30 heavy (non-hydrogen) atoms. The lowest BCUT2D eigenvalue weighted by molar-refractivity contribution is -0.123. The van der Waals surface area contributed by atoms with Gasteiger partial charge in [0.25, 0.3) is 5.91 Å². The van der Waals surface area contributed by atoms with E-state index < -0.39 is 18.0 Å². The molecule has 3 aromatic rings. The number of nitrogens with one attached hydrogen (secondary N) is 1. The number of nitrogens with zero attached hydrogens (tertiary/aromatic N) is 2. The van der Waals surface area contributed by atoms with E-state index in [0.29, 0.717) is 39.4 Å². The molecular weight excluding hydrogens is 406 g/mol. The number of amides is 1. The van der Waals surface area contributed by atoms with Crippen LogP contribution in [0.2, 0.25) is 0 Å². The quantitative estimate of drug-likeness (QED) is 0.427. The Morgan fingerprint density at radius 1 is 1.17 bits per heavy atom. The highest BCUT2D eigenvalue weighted by molar-refractivity contribution is 7.98. The molecular formula is C21H21N3O5S. The van der Waals surface area contributed by atoms with Gasteiger partial charge in [0.1, 0.15) is 5.75 Å². The van der Waals surface area contributed by atoms with Crippen LogP contribution in [-0.2, 0) is 15.3 Å². The Bertz CT molecular complexity index is 1020. The molecule has 0 aliphatic heterocycles. The number of aryl methyl sites for hydroxylation is 1. The summed E-state index contributed by atoms with van der Waals surface area (Å²) in [5.74, 6) is 1.09. The van der Waals surface area contributed by atoms with Crippen molar-refractivity contribution in [2.24, 2.45) is 0 Å². The molecule has 1 amide bonds. The Kier molecular flexibility index (Phi) is 7.08. The summed E-state index contributed by atoms with van der Waals surface area (Å²) in [5.41, 5.74) is 0.942. The molecule has 0 fully saturated rings. The number of hydrogen-bond acceptors (Lipinski definition) is 8. The first-order valence-electron chi connectivity index (χ1n) is 9.13. The van der Waals surface area contributed by atoms with Crippen LogP contribution in [0.15, 0.2) is 57.9 Å². The van der Waals surface area contributed by atoms with Crippen molar-refractivity contribution in [2.45, 2.75) is 30.6 Å². The molecule has 1 N–H and O–H groups in total. The average Bonchev–Trinajstić information content (AvgIpc) is 3.18. The zero-order chi connectivity index (χ0) is 21.5. The second kappa shape index (κ2) is 9.93. The highest BCUT2D eigenvalue weighted by Gasteiger charge is 2.21. The predicted octanol–water partition coefficient (Wildman–Crippen LogP) is 3.86. The van der Waals surface area contributed by atoms with Gasteiger partial charge in [0.2, 0.25) is 5.89 Å². The summed E-state index contributed by atoms with van der Waals surface area (Å²) in [6, 6.07) is 13.9. The van der Waals surface area contributed by atoms with Crippen molar-refractivity contribution < 1.29 is 23.6 Å². The maximum atomic E-state index is 12.6. The molecule has 1 heterocycles. The smallest absolute Gasteiger partial charge is 0.340 e. The third-order valence-electron chi connectivity index (χ3n) is 4.04. The molecule has 0 saturated heterocycles. The fraction of sp³-hybridized carbons (Fsp3) is 0.238. The molecule has 0 spiro atoms. The number of carbonyl (C=O) groups is 2. The fourth-order valence-corrected chi connectivity index (χ4v) is 3.37. The lowest BCUT2D eigenvalue weighted by Gasteiger charge is -2.15. The minimum Gasteiger partial charge on any atom is -0.497 e. The topological polar surface area (TPSA) is 104 Å². The maximum absolute atomic E-state index is 12.6. The number of rotatable bonds is 8. The van der Waals surface area contributed by atoms with E-state index in [-0.39, 0.29) is 0 Å². The Balaban J connectivity index is 1.60. The van der Waals surface area contributed by atoms with Crippen molar-refractivity contribution in [3.63, 3.8) is 0 Å². The molecule has 0 saturated carbocycles. The molecule has 9 heteroatoms. The van der Waals surface area contributed by atoms with Gasteiger partial charge in [-0.05, 0) is 50.2 Å². The number of thioether (sulfide) groups is 1. The van der Waals surface area contributed by atoms with Gasteiger partial charge in [0.05, 0.1) is 18.4 Å². The van der Waals surface area contributed by atoms with Gasteiger partial charge < -0.3 is 19.3 Å². The molecule has 1 aromatic heterocycles. The van der Waals surface area contributed by atoms with E-state index in [1.165, 1.54) is 18.7 Å². The largest absolute Gasteiger partial charge is 0.497 e. The van der Waals surface area contributed by atoms with Crippen LogP contribution in [0.5, 0.6) is 5.75 Å². The number of carbonyl (C=O) groups excluding carboxylic acids is 2. The molecule has 0 radical (unpaired) electrons. The van der Waals surface area contributed by atoms with E-state index in [4.69, 9.17) is 14.0 Å². The standard InChI is InChI=1S/C21H21N3O5S/c1-13(20(25)23-15-8-10-16(27-3)11-9-15)28-21(26)17-6-4-5-7-18(17)30-12-19-22-14(2)24-29-19/h4-11,13H,12H2,1-3H3,(H,23,25). The van der Waals surface area contributed by atoms with Crippen LogP contribution >= 0.6 is 11.8 Å². The van der Waals surface area contributed by atoms with Gasteiger partial charge in [0, 0.05) is 10.6 Å². The van der Waals surface area contributed by atoms with E-state index in [1.807, 2.05) is 6.07 Å². The van der Waals surface area contributed by atoms with Crippen molar-refractivity contribution in [3.05, 3.63) is 65.8 Å². The van der Waals surface area contributed by atoms with E-state index >= 15 is 0 Å². The Morgan fingerprint density at radius 2 is 1.90 bits per heavy atom. The van der Waals surface area contributed by atoms with Crippen molar-refractivity contribution in [3.8, 4) is 5.75 Å². The van der Waals surface area contributed by atoms with E-state index in [0.717, 1.165) is 0 Å². The van der Waals surface area contributed by atoms with Crippen LogP contribution in [-0.4, -0.2) is 35.2 Å². The van der Waals surface area contributed by atoms with Gasteiger partial charge in [-0.2, -0.15) is 4.98 Å². The average molecular weight is 427 g/mol. The number of methoxy groups -OCH3 is 1. The normalized spacial score (nSPS) is 11.6. The second-order valence-corrected chi connectivity index (χ2v) is 7.30. The number of hydrogen-bond donors (Lipinski definition) is 1. The second-order valence-electron chi connectivity index (χ2n) is 6.29. The van der Waals surface area contributed by atoms with Crippen molar-refractivity contribution in [1.29, 1.82) is 0 Å². The Morgan fingerprint density at radius 3 is 2.57 bits per heavy atom.